The SMILES string of the molecule is CC(C)(C)c1cc(Br)cc(C=N[C@@H]2CCCC[C@H]2N=Cc2cc(Br)cc(C(C)(C)C)c2O)c1O. The van der Waals surface area contributed by atoms with E-state index in [1.165, 1.54) is 0 Å². The van der Waals surface area contributed by atoms with E-state index in [9.17, 15) is 10.2 Å². The third-order valence-corrected chi connectivity index (χ3v) is 7.24. The highest BCUT2D eigenvalue weighted by Gasteiger charge is 2.25. The van der Waals surface area contributed by atoms with Crippen molar-refractivity contribution in [2.24, 2.45) is 9.98 Å². The molecule has 2 aromatic carbocycles. The fraction of sp³-hybridized carbons (Fsp3) is 0.500. The Hall–Kier alpha value is -1.66. The average molecular weight is 592 g/mol. The summed E-state index contributed by atoms with van der Waals surface area (Å²) in [6, 6.07) is 7.83. The number of rotatable bonds is 4. The van der Waals surface area contributed by atoms with E-state index in [-0.39, 0.29) is 34.4 Å². The molecule has 0 bridgehead atoms. The van der Waals surface area contributed by atoms with Crippen molar-refractivity contribution in [1.82, 2.24) is 0 Å². The van der Waals surface area contributed by atoms with Crippen molar-refractivity contribution in [2.45, 2.75) is 90.1 Å². The van der Waals surface area contributed by atoms with Gasteiger partial charge in [0.05, 0.1) is 12.1 Å². The molecular weight excluding hydrogens is 556 g/mol. The van der Waals surface area contributed by atoms with Crippen LogP contribution in [0.3, 0.4) is 0 Å². The molecule has 1 aliphatic carbocycles. The largest absolute Gasteiger partial charge is 0.507 e. The maximum absolute atomic E-state index is 10.9. The Bertz CT molecular complexity index is 1010. The van der Waals surface area contributed by atoms with Gasteiger partial charge in [0.15, 0.2) is 0 Å². The molecule has 0 amide bonds. The normalized spacial score (nSPS) is 19.9. The minimum atomic E-state index is -0.175. The van der Waals surface area contributed by atoms with Gasteiger partial charge >= 0.3 is 0 Å². The van der Waals surface area contributed by atoms with E-state index in [2.05, 4.69) is 73.4 Å². The van der Waals surface area contributed by atoms with Crippen molar-refractivity contribution < 1.29 is 10.2 Å². The molecular formula is C28H36Br2N2O2. The van der Waals surface area contributed by atoms with Crippen LogP contribution >= 0.6 is 31.9 Å². The van der Waals surface area contributed by atoms with E-state index in [4.69, 9.17) is 9.98 Å². The van der Waals surface area contributed by atoms with Gasteiger partial charge < -0.3 is 10.2 Å². The molecule has 6 heteroatoms. The van der Waals surface area contributed by atoms with Crippen molar-refractivity contribution in [3.63, 3.8) is 0 Å². The number of phenols is 2. The molecule has 1 saturated carbocycles. The average Bonchev–Trinajstić information content (AvgIpc) is 2.73. The topological polar surface area (TPSA) is 65.2 Å². The van der Waals surface area contributed by atoms with Crippen LogP contribution in [0.25, 0.3) is 0 Å². The summed E-state index contributed by atoms with van der Waals surface area (Å²) in [5.41, 5.74) is 2.86. The summed E-state index contributed by atoms with van der Waals surface area (Å²) < 4.78 is 1.85. The molecule has 3 rings (SSSR count). The minimum absolute atomic E-state index is 0.0397. The van der Waals surface area contributed by atoms with Crippen LogP contribution in [0.5, 0.6) is 11.5 Å². The van der Waals surface area contributed by atoms with E-state index in [1.807, 2.05) is 24.3 Å². The van der Waals surface area contributed by atoms with E-state index >= 15 is 0 Å². The van der Waals surface area contributed by atoms with Crippen molar-refractivity contribution in [3.8, 4) is 11.5 Å². The van der Waals surface area contributed by atoms with Gasteiger partial charge in [-0.3, -0.25) is 9.98 Å². The number of aromatic hydroxyl groups is 2. The maximum Gasteiger partial charge on any atom is 0.128 e. The Morgan fingerprint density at radius 2 is 1.06 bits per heavy atom. The van der Waals surface area contributed by atoms with Gasteiger partial charge in [0.2, 0.25) is 0 Å². The second-order valence-electron chi connectivity index (χ2n) is 11.3. The second-order valence-corrected chi connectivity index (χ2v) is 13.1. The molecule has 34 heavy (non-hydrogen) atoms. The number of hydrogen-bond acceptors (Lipinski definition) is 4. The zero-order valence-corrected chi connectivity index (χ0v) is 24.2. The summed E-state index contributed by atoms with van der Waals surface area (Å²) in [6.45, 7) is 12.5. The predicted octanol–water partition coefficient (Wildman–Crippen LogP) is 8.07. The van der Waals surface area contributed by atoms with Crippen LogP contribution in [0.4, 0.5) is 0 Å². The Balaban J connectivity index is 1.88. The first-order valence-electron chi connectivity index (χ1n) is 11.9. The smallest absolute Gasteiger partial charge is 0.128 e. The van der Waals surface area contributed by atoms with E-state index in [1.54, 1.807) is 12.4 Å². The highest BCUT2D eigenvalue weighted by molar-refractivity contribution is 9.10. The summed E-state index contributed by atoms with van der Waals surface area (Å²) >= 11 is 7.15. The molecule has 0 unspecified atom stereocenters. The Labute approximate surface area is 220 Å². The molecule has 0 spiro atoms. The number of phenolic OH excluding ortho intramolecular Hbond substituents is 2. The number of hydrogen-bond donors (Lipinski definition) is 2. The first kappa shape index (κ1) is 26.9. The number of nitrogens with zero attached hydrogens (tertiary/aromatic N) is 2. The summed E-state index contributed by atoms with van der Waals surface area (Å²) in [7, 11) is 0. The fourth-order valence-corrected chi connectivity index (χ4v) is 5.32. The van der Waals surface area contributed by atoms with Crippen molar-refractivity contribution in [1.29, 1.82) is 0 Å². The van der Waals surface area contributed by atoms with Gasteiger partial charge in [-0.1, -0.05) is 86.2 Å². The summed E-state index contributed by atoms with van der Waals surface area (Å²) in [5.74, 6) is 0.563. The summed E-state index contributed by atoms with van der Waals surface area (Å²) in [5, 5.41) is 21.7. The molecule has 0 saturated heterocycles. The molecule has 0 radical (unpaired) electrons. The van der Waals surface area contributed by atoms with E-state index in [0.29, 0.717) is 11.1 Å². The van der Waals surface area contributed by atoms with Gasteiger partial charge in [0.1, 0.15) is 11.5 Å². The number of halogens is 2. The molecule has 184 valence electrons. The molecule has 1 fully saturated rings. The van der Waals surface area contributed by atoms with Crippen LogP contribution in [0.15, 0.2) is 43.2 Å². The van der Waals surface area contributed by atoms with Crippen molar-refractivity contribution in [2.75, 3.05) is 0 Å². The Kier molecular flexibility index (Phi) is 8.34. The van der Waals surface area contributed by atoms with Crippen LogP contribution in [-0.4, -0.2) is 34.7 Å². The van der Waals surface area contributed by atoms with E-state index in [0.717, 1.165) is 45.8 Å². The Morgan fingerprint density at radius 3 is 1.38 bits per heavy atom. The molecule has 2 N–H and O–H groups in total. The molecule has 0 aromatic heterocycles. The monoisotopic (exact) mass is 590 g/mol. The summed E-state index contributed by atoms with van der Waals surface area (Å²) in [6.07, 6.45) is 7.72. The van der Waals surface area contributed by atoms with Crippen LogP contribution in [0, 0.1) is 0 Å². The zero-order valence-electron chi connectivity index (χ0n) is 21.0. The second kappa shape index (κ2) is 10.5. The van der Waals surface area contributed by atoms with Crippen LogP contribution < -0.4 is 0 Å². The molecule has 0 heterocycles. The van der Waals surface area contributed by atoms with Gasteiger partial charge in [-0.15, -0.1) is 0 Å². The molecule has 1 aliphatic rings. The van der Waals surface area contributed by atoms with E-state index < -0.39 is 0 Å². The first-order valence-corrected chi connectivity index (χ1v) is 13.5. The number of benzene rings is 2. The predicted molar refractivity (Wildman–Crippen MR) is 150 cm³/mol. The van der Waals surface area contributed by atoms with Crippen LogP contribution in [-0.2, 0) is 10.8 Å². The zero-order chi connectivity index (χ0) is 25.3. The molecule has 4 nitrogen and oxygen atoms in total. The molecule has 2 aromatic rings. The van der Waals surface area contributed by atoms with Gasteiger partial charge in [0.25, 0.3) is 0 Å². The van der Waals surface area contributed by atoms with Gasteiger partial charge in [-0.05, 0) is 47.9 Å². The van der Waals surface area contributed by atoms with Crippen molar-refractivity contribution in [3.05, 3.63) is 55.5 Å². The molecule has 2 atom stereocenters. The lowest BCUT2D eigenvalue weighted by Gasteiger charge is -2.26. The van der Waals surface area contributed by atoms with Gasteiger partial charge in [-0.2, -0.15) is 0 Å². The third kappa shape index (κ3) is 6.51. The number of aliphatic imine (C=N–C) groups is 2. The van der Waals surface area contributed by atoms with Crippen LogP contribution in [0.2, 0.25) is 0 Å². The fourth-order valence-electron chi connectivity index (χ4n) is 4.37. The maximum atomic E-state index is 10.9. The third-order valence-electron chi connectivity index (χ3n) is 6.33. The minimum Gasteiger partial charge on any atom is -0.507 e. The van der Waals surface area contributed by atoms with Gasteiger partial charge in [-0.25, -0.2) is 0 Å². The lowest BCUT2D eigenvalue weighted by Crippen LogP contribution is -2.27. The lowest BCUT2D eigenvalue weighted by molar-refractivity contribution is 0.390. The highest BCUT2D eigenvalue weighted by atomic mass is 79.9. The highest BCUT2D eigenvalue weighted by Crippen LogP contribution is 2.37. The standard InChI is InChI=1S/C28H36Br2N2O2/c1-27(2,3)21-13-19(29)11-17(25(21)33)15-31-23-9-7-8-10-24(23)32-16-18-12-20(30)14-22(26(18)34)28(4,5)6/h11-16,23-24,33-34H,7-10H2,1-6H3/t23-,24-/m1/s1. The first-order chi connectivity index (χ1) is 15.8. The van der Waals surface area contributed by atoms with Crippen LogP contribution in [0.1, 0.15) is 89.5 Å². The summed E-state index contributed by atoms with van der Waals surface area (Å²) in [4.78, 5) is 9.76. The quantitative estimate of drug-likeness (QED) is 0.353. The molecule has 0 aliphatic heterocycles. The van der Waals surface area contributed by atoms with Crippen molar-refractivity contribution >= 4 is 44.3 Å². The lowest BCUT2D eigenvalue weighted by atomic mass is 9.85. The van der Waals surface area contributed by atoms with Gasteiger partial charge in [0, 0.05) is 43.6 Å². The Morgan fingerprint density at radius 1 is 0.706 bits per heavy atom.